The Morgan fingerprint density at radius 3 is 2.61 bits per heavy atom. The molecule has 2 heteroatoms. The van der Waals surface area contributed by atoms with E-state index < -0.39 is 0 Å². The lowest BCUT2D eigenvalue weighted by Crippen LogP contribution is -2.22. The fourth-order valence-electron chi connectivity index (χ4n) is 2.59. The highest BCUT2D eigenvalue weighted by Crippen LogP contribution is 2.34. The summed E-state index contributed by atoms with van der Waals surface area (Å²) in [6.07, 6.45) is 7.24. The SMILES string of the molecule is CCc1ccc(CC2=CC(=O)CC(C)(C)C2)nc1. The van der Waals surface area contributed by atoms with Crippen LogP contribution < -0.4 is 0 Å². The van der Waals surface area contributed by atoms with Crippen LogP contribution in [0.2, 0.25) is 0 Å². The van der Waals surface area contributed by atoms with Crippen LogP contribution in [0.3, 0.4) is 0 Å². The number of allylic oxidation sites excluding steroid dienone is 2. The zero-order valence-electron chi connectivity index (χ0n) is 11.5. The van der Waals surface area contributed by atoms with Crippen LogP contribution in [0.25, 0.3) is 0 Å². The molecule has 0 atom stereocenters. The molecule has 0 amide bonds. The van der Waals surface area contributed by atoms with Crippen LogP contribution in [0.1, 0.15) is 44.9 Å². The van der Waals surface area contributed by atoms with Crippen LogP contribution >= 0.6 is 0 Å². The molecule has 1 aromatic rings. The van der Waals surface area contributed by atoms with Crippen LogP contribution in [0, 0.1) is 5.41 Å². The molecule has 96 valence electrons. The monoisotopic (exact) mass is 243 g/mol. The highest BCUT2D eigenvalue weighted by atomic mass is 16.1. The molecule has 0 fully saturated rings. The average Bonchev–Trinajstić information content (AvgIpc) is 2.27. The van der Waals surface area contributed by atoms with Crippen molar-refractivity contribution in [1.82, 2.24) is 4.98 Å². The summed E-state index contributed by atoms with van der Waals surface area (Å²) in [6, 6.07) is 4.20. The van der Waals surface area contributed by atoms with Gasteiger partial charge >= 0.3 is 0 Å². The van der Waals surface area contributed by atoms with Gasteiger partial charge in [-0.3, -0.25) is 9.78 Å². The number of pyridine rings is 1. The second kappa shape index (κ2) is 5.05. The van der Waals surface area contributed by atoms with Crippen molar-refractivity contribution >= 4 is 5.78 Å². The number of hydrogen-bond donors (Lipinski definition) is 0. The van der Waals surface area contributed by atoms with Gasteiger partial charge in [0.05, 0.1) is 0 Å². The van der Waals surface area contributed by atoms with E-state index in [9.17, 15) is 4.79 Å². The Morgan fingerprint density at radius 2 is 2.06 bits per heavy atom. The summed E-state index contributed by atoms with van der Waals surface area (Å²) in [5.41, 5.74) is 3.63. The van der Waals surface area contributed by atoms with Gasteiger partial charge in [-0.05, 0) is 36.0 Å². The fourth-order valence-corrected chi connectivity index (χ4v) is 2.59. The molecule has 18 heavy (non-hydrogen) atoms. The molecule has 1 aliphatic carbocycles. The van der Waals surface area contributed by atoms with Gasteiger partial charge in [-0.2, -0.15) is 0 Å². The number of rotatable bonds is 3. The zero-order valence-corrected chi connectivity index (χ0v) is 11.5. The van der Waals surface area contributed by atoms with Crippen LogP contribution in [0.4, 0.5) is 0 Å². The predicted octanol–water partition coefficient (Wildman–Crippen LogP) is 3.50. The van der Waals surface area contributed by atoms with Gasteiger partial charge in [0, 0.05) is 24.7 Å². The number of aryl methyl sites for hydroxylation is 1. The Kier molecular flexibility index (Phi) is 3.65. The number of nitrogens with zero attached hydrogens (tertiary/aromatic N) is 1. The minimum atomic E-state index is 0.102. The largest absolute Gasteiger partial charge is 0.295 e. The highest BCUT2D eigenvalue weighted by Gasteiger charge is 2.27. The number of hydrogen-bond acceptors (Lipinski definition) is 2. The zero-order chi connectivity index (χ0) is 13.2. The second-order valence-electron chi connectivity index (χ2n) is 5.97. The first-order chi connectivity index (χ1) is 8.48. The number of carbonyl (C=O) groups excluding carboxylic acids is 1. The molecular weight excluding hydrogens is 222 g/mol. The van der Waals surface area contributed by atoms with Gasteiger partial charge in [0.15, 0.2) is 5.78 Å². The van der Waals surface area contributed by atoms with Crippen molar-refractivity contribution in [1.29, 1.82) is 0 Å². The Hall–Kier alpha value is -1.44. The van der Waals surface area contributed by atoms with Gasteiger partial charge in [-0.1, -0.05) is 32.4 Å². The summed E-state index contributed by atoms with van der Waals surface area (Å²) in [4.78, 5) is 16.1. The Balaban J connectivity index is 2.11. The van der Waals surface area contributed by atoms with Crippen LogP contribution in [-0.2, 0) is 17.6 Å². The molecule has 2 nitrogen and oxygen atoms in total. The molecule has 0 aliphatic heterocycles. The Labute approximate surface area is 109 Å². The first kappa shape index (κ1) is 13.0. The number of aromatic nitrogens is 1. The summed E-state index contributed by atoms with van der Waals surface area (Å²) in [6.45, 7) is 6.44. The van der Waals surface area contributed by atoms with E-state index in [2.05, 4.69) is 37.9 Å². The summed E-state index contributed by atoms with van der Waals surface area (Å²) in [5.74, 6) is 0.256. The fraction of sp³-hybridized carbons (Fsp3) is 0.500. The van der Waals surface area contributed by atoms with Crippen molar-refractivity contribution in [3.63, 3.8) is 0 Å². The van der Waals surface area contributed by atoms with Crippen molar-refractivity contribution in [2.45, 2.75) is 46.5 Å². The van der Waals surface area contributed by atoms with Crippen molar-refractivity contribution in [3.8, 4) is 0 Å². The topological polar surface area (TPSA) is 30.0 Å². The summed E-state index contributed by atoms with van der Waals surface area (Å²) >= 11 is 0. The lowest BCUT2D eigenvalue weighted by atomic mass is 9.76. The third-order valence-electron chi connectivity index (χ3n) is 3.43. The minimum Gasteiger partial charge on any atom is -0.295 e. The van der Waals surface area contributed by atoms with E-state index in [1.54, 1.807) is 0 Å². The van der Waals surface area contributed by atoms with E-state index in [4.69, 9.17) is 0 Å². The van der Waals surface area contributed by atoms with Gasteiger partial charge in [-0.25, -0.2) is 0 Å². The van der Waals surface area contributed by atoms with Gasteiger partial charge < -0.3 is 0 Å². The van der Waals surface area contributed by atoms with E-state index in [0.29, 0.717) is 6.42 Å². The number of ketones is 1. The van der Waals surface area contributed by atoms with Crippen molar-refractivity contribution in [3.05, 3.63) is 41.2 Å². The van der Waals surface area contributed by atoms with Crippen molar-refractivity contribution < 1.29 is 4.79 Å². The highest BCUT2D eigenvalue weighted by molar-refractivity contribution is 5.91. The minimum absolute atomic E-state index is 0.102. The lowest BCUT2D eigenvalue weighted by Gasteiger charge is -2.28. The molecule has 0 bridgehead atoms. The molecule has 1 aliphatic rings. The molecular formula is C16H21NO. The quantitative estimate of drug-likeness (QED) is 0.813. The maximum Gasteiger partial charge on any atom is 0.156 e. The van der Waals surface area contributed by atoms with Crippen LogP contribution in [0.5, 0.6) is 0 Å². The molecule has 0 saturated heterocycles. The summed E-state index contributed by atoms with van der Waals surface area (Å²) < 4.78 is 0. The van der Waals surface area contributed by atoms with E-state index in [1.165, 1.54) is 11.1 Å². The summed E-state index contributed by atoms with van der Waals surface area (Å²) in [7, 11) is 0. The molecule has 0 spiro atoms. The standard InChI is InChI=1S/C16H21NO/c1-4-12-5-6-14(17-11-12)7-13-8-15(18)10-16(2,3)9-13/h5-6,8,11H,4,7,9-10H2,1-3H3. The third-order valence-corrected chi connectivity index (χ3v) is 3.43. The second-order valence-corrected chi connectivity index (χ2v) is 5.97. The average molecular weight is 243 g/mol. The van der Waals surface area contributed by atoms with Crippen LogP contribution in [-0.4, -0.2) is 10.8 Å². The van der Waals surface area contributed by atoms with Gasteiger partial charge in [0.2, 0.25) is 0 Å². The molecule has 0 unspecified atom stereocenters. The van der Waals surface area contributed by atoms with E-state index in [-0.39, 0.29) is 11.2 Å². The van der Waals surface area contributed by atoms with Crippen LogP contribution in [0.15, 0.2) is 30.0 Å². The predicted molar refractivity (Wildman–Crippen MR) is 73.4 cm³/mol. The molecule has 2 rings (SSSR count). The van der Waals surface area contributed by atoms with Gasteiger partial charge in [0.25, 0.3) is 0 Å². The molecule has 1 heterocycles. The first-order valence-corrected chi connectivity index (χ1v) is 6.64. The van der Waals surface area contributed by atoms with Crippen molar-refractivity contribution in [2.75, 3.05) is 0 Å². The molecule has 0 aromatic carbocycles. The van der Waals surface area contributed by atoms with E-state index >= 15 is 0 Å². The van der Waals surface area contributed by atoms with Crippen molar-refractivity contribution in [2.24, 2.45) is 5.41 Å². The summed E-state index contributed by atoms with van der Waals surface area (Å²) in [5, 5.41) is 0. The van der Waals surface area contributed by atoms with Gasteiger partial charge in [-0.15, -0.1) is 0 Å². The maximum absolute atomic E-state index is 11.7. The van der Waals surface area contributed by atoms with Gasteiger partial charge in [0.1, 0.15) is 0 Å². The maximum atomic E-state index is 11.7. The Bertz CT molecular complexity index is 468. The van der Waals surface area contributed by atoms with E-state index in [0.717, 1.165) is 25.0 Å². The first-order valence-electron chi connectivity index (χ1n) is 6.64. The molecule has 0 saturated carbocycles. The van der Waals surface area contributed by atoms with E-state index in [1.807, 2.05) is 12.3 Å². The normalized spacial score (nSPS) is 18.6. The Morgan fingerprint density at radius 1 is 1.28 bits per heavy atom. The molecule has 1 aromatic heterocycles. The number of carbonyl (C=O) groups is 1. The smallest absolute Gasteiger partial charge is 0.156 e. The third kappa shape index (κ3) is 3.28. The molecule has 0 radical (unpaired) electrons. The molecule has 0 N–H and O–H groups in total. The lowest BCUT2D eigenvalue weighted by molar-refractivity contribution is -0.117.